The van der Waals surface area contributed by atoms with E-state index in [-0.39, 0.29) is 10.1 Å². The minimum atomic E-state index is -3.85. The number of hydrogen-bond donors (Lipinski definition) is 3. The molecule has 0 radical (unpaired) electrons. The van der Waals surface area contributed by atoms with E-state index in [1.807, 2.05) is 20.8 Å². The van der Waals surface area contributed by atoms with Crippen molar-refractivity contribution in [1.82, 2.24) is 10.0 Å². The first-order valence-electron chi connectivity index (χ1n) is 7.05. The van der Waals surface area contributed by atoms with Crippen molar-refractivity contribution in [3.63, 3.8) is 0 Å². The van der Waals surface area contributed by atoms with Crippen LogP contribution >= 0.6 is 11.3 Å². The van der Waals surface area contributed by atoms with Crippen LogP contribution in [0.25, 0.3) is 0 Å². The molecule has 0 aromatic carbocycles. The molecule has 0 aliphatic heterocycles. The molecule has 0 saturated carbocycles. The number of rotatable bonds is 7. The quantitative estimate of drug-likeness (QED) is 0.675. The summed E-state index contributed by atoms with van der Waals surface area (Å²) >= 11 is 1.06. The summed E-state index contributed by atoms with van der Waals surface area (Å²) in [7, 11) is -3.85. The fraction of sp³-hybridized carbons (Fsp3) is 0.571. The van der Waals surface area contributed by atoms with Gasteiger partial charge in [-0.2, -0.15) is 4.72 Å². The first-order chi connectivity index (χ1) is 10.4. The number of carboxylic acids is 1. The molecule has 0 unspecified atom stereocenters. The molecule has 9 heteroatoms. The summed E-state index contributed by atoms with van der Waals surface area (Å²) in [4.78, 5) is 23.3. The van der Waals surface area contributed by atoms with Crippen LogP contribution in [-0.4, -0.2) is 38.0 Å². The van der Waals surface area contributed by atoms with Gasteiger partial charge in [0.1, 0.15) is 10.3 Å². The molecule has 0 saturated heterocycles. The zero-order valence-electron chi connectivity index (χ0n) is 13.5. The van der Waals surface area contributed by atoms with Crippen LogP contribution in [0.5, 0.6) is 0 Å². The second kappa shape index (κ2) is 7.41. The summed E-state index contributed by atoms with van der Waals surface area (Å²) in [5.74, 6) is -1.31. The molecule has 1 aromatic rings. The van der Waals surface area contributed by atoms with E-state index in [1.54, 1.807) is 6.07 Å². The smallest absolute Gasteiger partial charge is 0.321 e. The van der Waals surface area contributed by atoms with Crippen LogP contribution in [0.3, 0.4) is 0 Å². The van der Waals surface area contributed by atoms with Crippen molar-refractivity contribution in [3.8, 4) is 0 Å². The number of carbonyl (C=O) groups excluding carboxylic acids is 1. The third-order valence-electron chi connectivity index (χ3n) is 2.94. The fourth-order valence-corrected chi connectivity index (χ4v) is 4.11. The molecule has 1 atom stereocenters. The van der Waals surface area contributed by atoms with Crippen LogP contribution in [0.15, 0.2) is 16.3 Å². The van der Waals surface area contributed by atoms with Crippen molar-refractivity contribution in [2.75, 3.05) is 6.54 Å². The van der Waals surface area contributed by atoms with E-state index in [2.05, 4.69) is 10.0 Å². The molecule has 3 N–H and O–H groups in total. The average molecular weight is 362 g/mol. The average Bonchev–Trinajstić information content (AvgIpc) is 2.86. The van der Waals surface area contributed by atoms with Crippen molar-refractivity contribution < 1.29 is 23.1 Å². The van der Waals surface area contributed by atoms with Gasteiger partial charge in [-0.15, -0.1) is 11.3 Å². The molecule has 130 valence electrons. The van der Waals surface area contributed by atoms with Crippen LogP contribution in [0.2, 0.25) is 0 Å². The van der Waals surface area contributed by atoms with Crippen molar-refractivity contribution >= 4 is 33.2 Å². The maximum Gasteiger partial charge on any atom is 0.321 e. The maximum absolute atomic E-state index is 12.0. The highest BCUT2D eigenvalue weighted by molar-refractivity contribution is 7.91. The predicted octanol–water partition coefficient (Wildman–Crippen LogP) is 1.20. The standard InChI is InChI=1S/C14H22N2O5S2/c1-9(12(17)18)16-23(20,21)11-6-5-10(22-11)7-8-15-13(19)14(2,3)4/h5-6,9,16H,7-8H2,1-4H3,(H,15,19)(H,17,18)/t9-/m1/s1. The normalized spacial score (nSPS) is 13.6. The van der Waals surface area contributed by atoms with E-state index < -0.39 is 27.4 Å². The topological polar surface area (TPSA) is 113 Å². The summed E-state index contributed by atoms with van der Waals surface area (Å²) in [6.07, 6.45) is 0.510. The summed E-state index contributed by atoms with van der Waals surface area (Å²) in [5, 5.41) is 11.6. The zero-order valence-corrected chi connectivity index (χ0v) is 15.2. The highest BCUT2D eigenvalue weighted by atomic mass is 32.2. The van der Waals surface area contributed by atoms with E-state index in [4.69, 9.17) is 5.11 Å². The molecular weight excluding hydrogens is 340 g/mol. The second-order valence-electron chi connectivity index (χ2n) is 6.16. The lowest BCUT2D eigenvalue weighted by Crippen LogP contribution is -2.37. The van der Waals surface area contributed by atoms with Gasteiger partial charge in [0.2, 0.25) is 5.91 Å². The van der Waals surface area contributed by atoms with Gasteiger partial charge in [0, 0.05) is 16.8 Å². The van der Waals surface area contributed by atoms with Crippen LogP contribution in [-0.2, 0) is 26.0 Å². The lowest BCUT2D eigenvalue weighted by molar-refractivity contribution is -0.138. The Kier molecular flexibility index (Phi) is 6.32. The summed E-state index contributed by atoms with van der Waals surface area (Å²) in [6, 6.07) is 1.90. The van der Waals surface area contributed by atoms with Gasteiger partial charge in [0.05, 0.1) is 0 Å². The number of aliphatic carboxylic acids is 1. The Morgan fingerprint density at radius 3 is 2.43 bits per heavy atom. The molecule has 0 aliphatic rings. The number of carbonyl (C=O) groups is 2. The molecule has 1 rings (SSSR count). The molecule has 0 bridgehead atoms. The number of amides is 1. The summed E-state index contributed by atoms with van der Waals surface area (Å²) < 4.78 is 26.2. The van der Waals surface area contributed by atoms with Crippen molar-refractivity contribution in [2.24, 2.45) is 5.41 Å². The van der Waals surface area contributed by atoms with E-state index >= 15 is 0 Å². The minimum absolute atomic E-state index is 0.0581. The fourth-order valence-electron chi connectivity index (χ4n) is 1.54. The Bertz CT molecular complexity index is 674. The highest BCUT2D eigenvalue weighted by Gasteiger charge is 2.23. The van der Waals surface area contributed by atoms with Gasteiger partial charge in [-0.25, -0.2) is 8.42 Å². The van der Waals surface area contributed by atoms with E-state index in [0.717, 1.165) is 16.2 Å². The van der Waals surface area contributed by atoms with Crippen molar-refractivity contribution in [3.05, 3.63) is 17.0 Å². The van der Waals surface area contributed by atoms with Gasteiger partial charge < -0.3 is 10.4 Å². The Morgan fingerprint density at radius 1 is 1.30 bits per heavy atom. The Hall–Kier alpha value is -1.45. The van der Waals surface area contributed by atoms with Gasteiger partial charge in [-0.1, -0.05) is 20.8 Å². The summed E-state index contributed by atoms with van der Waals surface area (Å²) in [5.41, 5.74) is -0.471. The zero-order chi connectivity index (χ0) is 17.8. The minimum Gasteiger partial charge on any atom is -0.480 e. The lowest BCUT2D eigenvalue weighted by Gasteiger charge is -2.17. The first-order valence-corrected chi connectivity index (χ1v) is 9.35. The highest BCUT2D eigenvalue weighted by Crippen LogP contribution is 2.22. The Balaban J connectivity index is 2.64. The molecule has 0 spiro atoms. The number of sulfonamides is 1. The molecule has 0 fully saturated rings. The van der Waals surface area contributed by atoms with E-state index in [9.17, 15) is 18.0 Å². The van der Waals surface area contributed by atoms with Gasteiger partial charge >= 0.3 is 5.97 Å². The lowest BCUT2D eigenvalue weighted by atomic mass is 9.96. The predicted molar refractivity (Wildman–Crippen MR) is 87.9 cm³/mol. The van der Waals surface area contributed by atoms with Gasteiger partial charge in [-0.3, -0.25) is 9.59 Å². The van der Waals surface area contributed by atoms with E-state index in [0.29, 0.717) is 13.0 Å². The van der Waals surface area contributed by atoms with Crippen LogP contribution < -0.4 is 10.0 Å². The molecule has 1 aromatic heterocycles. The molecule has 23 heavy (non-hydrogen) atoms. The van der Waals surface area contributed by atoms with Crippen LogP contribution in [0.1, 0.15) is 32.6 Å². The Labute approximate surface area is 140 Å². The third-order valence-corrected chi connectivity index (χ3v) is 6.12. The molecular formula is C14H22N2O5S2. The van der Waals surface area contributed by atoms with Crippen LogP contribution in [0.4, 0.5) is 0 Å². The molecule has 1 amide bonds. The largest absolute Gasteiger partial charge is 0.480 e. The molecule has 7 nitrogen and oxygen atoms in total. The van der Waals surface area contributed by atoms with Crippen molar-refractivity contribution in [1.29, 1.82) is 0 Å². The van der Waals surface area contributed by atoms with Crippen molar-refractivity contribution in [2.45, 2.75) is 44.4 Å². The Morgan fingerprint density at radius 2 is 1.91 bits per heavy atom. The monoisotopic (exact) mass is 362 g/mol. The van der Waals surface area contributed by atoms with Gasteiger partial charge in [0.15, 0.2) is 0 Å². The number of thiophene rings is 1. The van der Waals surface area contributed by atoms with Gasteiger partial charge in [0.25, 0.3) is 10.0 Å². The number of hydrogen-bond acceptors (Lipinski definition) is 5. The number of nitrogens with one attached hydrogen (secondary N) is 2. The molecule has 0 aliphatic carbocycles. The molecule has 1 heterocycles. The second-order valence-corrected chi connectivity index (χ2v) is 9.27. The number of carboxylic acid groups (broad SMARTS) is 1. The maximum atomic E-state index is 12.0. The SMILES string of the molecule is C[C@@H](NS(=O)(=O)c1ccc(CCNC(=O)C(C)(C)C)s1)C(=O)O. The van der Waals surface area contributed by atoms with Crippen LogP contribution in [0, 0.1) is 5.41 Å². The first kappa shape index (κ1) is 19.6. The van der Waals surface area contributed by atoms with E-state index in [1.165, 1.54) is 13.0 Å². The third kappa shape index (κ3) is 5.92. The summed E-state index contributed by atoms with van der Waals surface area (Å²) in [6.45, 7) is 7.11. The van der Waals surface area contributed by atoms with Gasteiger partial charge in [-0.05, 0) is 25.5 Å².